The van der Waals surface area contributed by atoms with E-state index in [1.165, 1.54) is 15.8 Å². The van der Waals surface area contributed by atoms with Gasteiger partial charge in [-0.15, -0.1) is 0 Å². The highest BCUT2D eigenvalue weighted by molar-refractivity contribution is 6.02. The van der Waals surface area contributed by atoms with Crippen LogP contribution in [0.25, 0.3) is 21.9 Å². The number of aromatic amines is 1. The van der Waals surface area contributed by atoms with Gasteiger partial charge in [0.1, 0.15) is 17.2 Å². The number of aromatic nitrogens is 4. The summed E-state index contributed by atoms with van der Waals surface area (Å²) in [6, 6.07) is 19.9. The first-order chi connectivity index (χ1) is 20.4. The van der Waals surface area contributed by atoms with Crippen molar-refractivity contribution < 1.29 is 14.3 Å². The molecule has 0 aliphatic carbocycles. The molecule has 0 saturated heterocycles. The first-order valence-electron chi connectivity index (χ1n) is 13.8. The van der Waals surface area contributed by atoms with Crippen molar-refractivity contribution in [1.29, 1.82) is 0 Å². The summed E-state index contributed by atoms with van der Waals surface area (Å²) in [5.74, 6) is 0.207. The van der Waals surface area contributed by atoms with Crippen LogP contribution in [0.2, 0.25) is 0 Å². The number of nitrogens with two attached hydrogens (primary N) is 1. The van der Waals surface area contributed by atoms with E-state index in [4.69, 9.17) is 20.4 Å². The van der Waals surface area contributed by atoms with Gasteiger partial charge in [-0.3, -0.25) is 9.59 Å². The van der Waals surface area contributed by atoms with Crippen LogP contribution >= 0.6 is 0 Å². The predicted octanol–water partition coefficient (Wildman–Crippen LogP) is 3.26. The number of ether oxygens (including phenoxy) is 1. The molecule has 0 atom stereocenters. The van der Waals surface area contributed by atoms with Gasteiger partial charge in [0.15, 0.2) is 0 Å². The summed E-state index contributed by atoms with van der Waals surface area (Å²) in [4.78, 5) is 42.1. The third-order valence-electron chi connectivity index (χ3n) is 7.11. The zero-order valence-corrected chi connectivity index (χ0v) is 24.1. The van der Waals surface area contributed by atoms with Gasteiger partial charge in [0.05, 0.1) is 18.5 Å². The van der Waals surface area contributed by atoms with Gasteiger partial charge in [0.25, 0.3) is 5.91 Å². The van der Waals surface area contributed by atoms with E-state index >= 15 is 0 Å². The Labute approximate surface area is 244 Å². The van der Waals surface area contributed by atoms with E-state index in [9.17, 15) is 9.59 Å². The Hall–Kier alpha value is -4.90. The molecule has 0 saturated carbocycles. The molecule has 42 heavy (non-hydrogen) atoms. The summed E-state index contributed by atoms with van der Waals surface area (Å²) in [7, 11) is 5.36. The minimum atomic E-state index is -0.597. The Balaban J connectivity index is 1.53. The van der Waals surface area contributed by atoms with Gasteiger partial charge in [-0.05, 0) is 29.7 Å². The Morgan fingerprint density at radius 3 is 2.55 bits per heavy atom. The minimum absolute atomic E-state index is 0.220. The van der Waals surface area contributed by atoms with E-state index in [0.717, 1.165) is 22.9 Å². The summed E-state index contributed by atoms with van der Waals surface area (Å²) in [6.45, 7) is 1.29. The maximum atomic E-state index is 13.9. The number of primary amides is 1. The summed E-state index contributed by atoms with van der Waals surface area (Å²) in [5.41, 5.74) is 9.81. The number of methoxy groups -OCH3 is 1. The standard InChI is InChI=1S/C31H36N8O3/c1-37(2)28-24-17-26(30(41)38(15-16-42-3)20-27(32)40)39(19-21-9-5-4-6-10-21)29(24)36-31(35-28)33-14-13-22-18-34-25-12-8-7-11-23(22)25/h4-12,17-18,34H,13-16,19-20H2,1-3H3,(H2,32,40)(H,33,35,36). The SMILES string of the molecule is COCCN(CC(N)=O)C(=O)c1cc2c(N(C)C)nc(NCCc3c[nH]c4ccccc34)nc2n1Cc1ccccc1. The second-order valence-electron chi connectivity index (χ2n) is 10.3. The molecular formula is C31H36N8O3. The molecular weight excluding hydrogens is 532 g/mol. The van der Waals surface area contributed by atoms with E-state index in [1.54, 1.807) is 13.2 Å². The summed E-state index contributed by atoms with van der Waals surface area (Å²) < 4.78 is 7.07. The fraction of sp³-hybridized carbons (Fsp3) is 0.290. The van der Waals surface area contributed by atoms with Crippen molar-refractivity contribution in [1.82, 2.24) is 24.4 Å². The fourth-order valence-electron chi connectivity index (χ4n) is 5.08. The van der Waals surface area contributed by atoms with Crippen LogP contribution in [0.1, 0.15) is 21.6 Å². The van der Waals surface area contributed by atoms with Crippen LogP contribution in [-0.2, 0) is 22.5 Å². The molecule has 2 aromatic carbocycles. The molecule has 11 nitrogen and oxygen atoms in total. The number of hydrogen-bond donors (Lipinski definition) is 3. The lowest BCUT2D eigenvalue weighted by Gasteiger charge is -2.21. The lowest BCUT2D eigenvalue weighted by Crippen LogP contribution is -2.41. The number of rotatable bonds is 13. The largest absolute Gasteiger partial charge is 0.383 e. The fourth-order valence-corrected chi connectivity index (χ4v) is 5.08. The molecule has 0 bridgehead atoms. The van der Waals surface area contributed by atoms with Crippen molar-refractivity contribution in [2.24, 2.45) is 5.73 Å². The van der Waals surface area contributed by atoms with E-state index in [0.29, 0.717) is 36.2 Å². The van der Waals surface area contributed by atoms with Crippen LogP contribution in [0, 0.1) is 0 Å². The van der Waals surface area contributed by atoms with Crippen LogP contribution in [0.5, 0.6) is 0 Å². The maximum Gasteiger partial charge on any atom is 0.271 e. The molecule has 0 spiro atoms. The highest BCUT2D eigenvalue weighted by Gasteiger charge is 2.26. The van der Waals surface area contributed by atoms with Crippen LogP contribution in [0.3, 0.4) is 0 Å². The van der Waals surface area contributed by atoms with Crippen molar-refractivity contribution in [3.05, 3.63) is 83.7 Å². The van der Waals surface area contributed by atoms with Crippen LogP contribution in [0.4, 0.5) is 11.8 Å². The number of anilines is 2. The van der Waals surface area contributed by atoms with Crippen molar-refractivity contribution in [2.75, 3.05) is 57.7 Å². The highest BCUT2D eigenvalue weighted by Crippen LogP contribution is 2.29. The summed E-state index contributed by atoms with van der Waals surface area (Å²) >= 11 is 0. The molecule has 0 aliphatic rings. The number of carbonyl (C=O) groups is 2. The monoisotopic (exact) mass is 568 g/mol. The average molecular weight is 569 g/mol. The molecule has 11 heteroatoms. The average Bonchev–Trinajstić information content (AvgIpc) is 3.56. The molecule has 2 amide bonds. The molecule has 5 rings (SSSR count). The van der Waals surface area contributed by atoms with Gasteiger partial charge >= 0.3 is 0 Å². The number of nitrogens with one attached hydrogen (secondary N) is 2. The first-order valence-corrected chi connectivity index (χ1v) is 13.8. The van der Waals surface area contributed by atoms with Gasteiger partial charge in [-0.25, -0.2) is 0 Å². The second-order valence-corrected chi connectivity index (χ2v) is 10.3. The number of para-hydroxylation sites is 1. The van der Waals surface area contributed by atoms with Gasteiger partial charge in [0.2, 0.25) is 11.9 Å². The van der Waals surface area contributed by atoms with Crippen molar-refractivity contribution in [3.8, 4) is 0 Å². The number of carbonyl (C=O) groups excluding carboxylic acids is 2. The molecule has 3 aromatic heterocycles. The van der Waals surface area contributed by atoms with Crippen molar-refractivity contribution >= 4 is 45.5 Å². The number of hydrogen-bond acceptors (Lipinski definition) is 7. The molecule has 3 heterocycles. The van der Waals surface area contributed by atoms with Gasteiger partial charge in [-0.2, -0.15) is 9.97 Å². The number of amides is 2. The zero-order valence-electron chi connectivity index (χ0n) is 24.1. The zero-order chi connectivity index (χ0) is 29.6. The molecule has 5 aromatic rings. The quantitative estimate of drug-likeness (QED) is 0.198. The third-order valence-corrected chi connectivity index (χ3v) is 7.11. The van der Waals surface area contributed by atoms with Crippen LogP contribution in [0.15, 0.2) is 66.9 Å². The Bertz CT molecular complexity index is 1690. The normalized spacial score (nSPS) is 11.2. The summed E-state index contributed by atoms with van der Waals surface area (Å²) in [6.07, 6.45) is 2.81. The van der Waals surface area contributed by atoms with Crippen LogP contribution in [-0.4, -0.2) is 83.7 Å². The topological polar surface area (TPSA) is 134 Å². The number of benzene rings is 2. The Kier molecular flexibility index (Phi) is 8.68. The van der Waals surface area contributed by atoms with Gasteiger partial charge in [0, 0.05) is 57.9 Å². The van der Waals surface area contributed by atoms with E-state index in [1.807, 2.05) is 72.2 Å². The lowest BCUT2D eigenvalue weighted by atomic mass is 10.1. The molecule has 4 N–H and O–H groups in total. The molecule has 0 aliphatic heterocycles. The second kappa shape index (κ2) is 12.7. The molecule has 0 fully saturated rings. The number of H-pyrrole nitrogens is 1. The smallest absolute Gasteiger partial charge is 0.271 e. The lowest BCUT2D eigenvalue weighted by molar-refractivity contribution is -0.118. The van der Waals surface area contributed by atoms with Crippen LogP contribution < -0.4 is 16.0 Å². The maximum absolute atomic E-state index is 13.9. The van der Waals surface area contributed by atoms with E-state index < -0.39 is 5.91 Å². The molecule has 0 unspecified atom stereocenters. The Morgan fingerprint density at radius 2 is 1.81 bits per heavy atom. The van der Waals surface area contributed by atoms with Crippen molar-refractivity contribution in [3.63, 3.8) is 0 Å². The van der Waals surface area contributed by atoms with E-state index in [2.05, 4.69) is 22.4 Å². The first kappa shape index (κ1) is 28.6. The summed E-state index contributed by atoms with van der Waals surface area (Å²) in [5, 5.41) is 5.31. The predicted molar refractivity (Wildman–Crippen MR) is 165 cm³/mol. The van der Waals surface area contributed by atoms with E-state index in [-0.39, 0.29) is 25.6 Å². The number of nitrogens with zero attached hydrogens (tertiary/aromatic N) is 5. The van der Waals surface area contributed by atoms with Gasteiger partial charge < -0.3 is 35.1 Å². The minimum Gasteiger partial charge on any atom is -0.383 e. The molecule has 218 valence electrons. The highest BCUT2D eigenvalue weighted by atomic mass is 16.5. The van der Waals surface area contributed by atoms with Gasteiger partial charge in [-0.1, -0.05) is 48.5 Å². The third kappa shape index (κ3) is 6.21. The molecule has 0 radical (unpaired) electrons. The van der Waals surface area contributed by atoms with Crippen molar-refractivity contribution in [2.45, 2.75) is 13.0 Å². The Morgan fingerprint density at radius 1 is 1.05 bits per heavy atom. The number of fused-ring (bicyclic) bond motifs is 2.